The predicted octanol–water partition coefficient (Wildman–Crippen LogP) is 8.96. The molecule has 0 amide bonds. The van der Waals surface area contributed by atoms with Gasteiger partial charge in [0.1, 0.15) is 17.5 Å². The summed E-state index contributed by atoms with van der Waals surface area (Å²) in [4.78, 5) is 28.7. The molecule has 9 nitrogen and oxygen atoms in total. The van der Waals surface area contributed by atoms with E-state index in [9.17, 15) is 0 Å². The van der Waals surface area contributed by atoms with Crippen molar-refractivity contribution in [3.8, 4) is 0 Å². The van der Waals surface area contributed by atoms with Crippen LogP contribution in [0.3, 0.4) is 0 Å². The fraction of sp³-hybridized carbons (Fsp3) is 0.286. The third-order valence-corrected chi connectivity index (χ3v) is 9.66. The fourth-order valence-corrected chi connectivity index (χ4v) is 7.13. The van der Waals surface area contributed by atoms with Crippen molar-refractivity contribution >= 4 is 50.6 Å². The molecule has 0 spiro atoms. The second-order valence-electron chi connectivity index (χ2n) is 13.1. The predicted molar refractivity (Wildman–Crippen MR) is 209 cm³/mol. The molecule has 6 heterocycles. The van der Waals surface area contributed by atoms with Gasteiger partial charge in [0.05, 0.1) is 0 Å². The molecule has 0 saturated heterocycles. The zero-order chi connectivity index (χ0) is 35.5. The highest BCUT2D eigenvalue weighted by Crippen LogP contribution is 2.33. The lowest BCUT2D eigenvalue weighted by Gasteiger charge is -2.27. The van der Waals surface area contributed by atoms with E-state index in [1.54, 1.807) is 0 Å². The lowest BCUT2D eigenvalue weighted by Crippen LogP contribution is -2.19. The molecular weight excluding hydrogens is 631 g/mol. The number of aromatic nitrogens is 6. The summed E-state index contributed by atoms with van der Waals surface area (Å²) in [6, 6.07) is 24.7. The van der Waals surface area contributed by atoms with Crippen LogP contribution in [-0.4, -0.2) is 29.9 Å². The maximum atomic E-state index is 4.88. The highest BCUT2D eigenvalue weighted by molar-refractivity contribution is 5.78. The summed E-state index contributed by atoms with van der Waals surface area (Å²) < 4.78 is 0. The number of pyridine rings is 6. The molecule has 0 radical (unpaired) electrons. The first-order chi connectivity index (χ1) is 24.8. The third kappa shape index (κ3) is 7.15. The smallest absolute Gasteiger partial charge is 0.161 e. The minimum absolute atomic E-state index is 0.648. The average molecular weight is 676 g/mol. The summed E-state index contributed by atoms with van der Waals surface area (Å²) in [6.45, 7) is 14.7. The maximum absolute atomic E-state index is 4.88. The Bertz CT molecular complexity index is 2100. The molecule has 7 rings (SSSR count). The summed E-state index contributed by atoms with van der Waals surface area (Å²) in [5.41, 5.74) is 13.2. The SMILES string of the molecule is CCc1c(CNc2ccc3ccc(C)nc3n2)c(CC)c(CNc2ccc3ccc(C)nc3n2)c(CC)c1CNc1ccc2ccc(C)nc2n1. The number of hydrogen-bond acceptors (Lipinski definition) is 9. The van der Waals surface area contributed by atoms with E-state index >= 15 is 0 Å². The molecule has 0 aliphatic carbocycles. The van der Waals surface area contributed by atoms with Gasteiger partial charge >= 0.3 is 0 Å². The number of rotatable bonds is 12. The van der Waals surface area contributed by atoms with Gasteiger partial charge in [-0.25, -0.2) is 29.9 Å². The van der Waals surface area contributed by atoms with Gasteiger partial charge in [-0.05, 0) is 146 Å². The van der Waals surface area contributed by atoms with E-state index in [4.69, 9.17) is 15.0 Å². The van der Waals surface area contributed by atoms with Gasteiger partial charge in [-0.2, -0.15) is 0 Å². The van der Waals surface area contributed by atoms with E-state index in [1.165, 1.54) is 33.4 Å². The van der Waals surface area contributed by atoms with Gasteiger partial charge in [-0.3, -0.25) is 0 Å². The second-order valence-corrected chi connectivity index (χ2v) is 13.1. The summed E-state index contributed by atoms with van der Waals surface area (Å²) in [6.07, 6.45) is 2.70. The first-order valence-electron chi connectivity index (χ1n) is 18.0. The minimum Gasteiger partial charge on any atom is -0.366 e. The number of nitrogens with zero attached hydrogens (tertiary/aromatic N) is 6. The topological polar surface area (TPSA) is 113 Å². The van der Waals surface area contributed by atoms with Gasteiger partial charge in [-0.1, -0.05) is 20.8 Å². The fourth-order valence-electron chi connectivity index (χ4n) is 7.13. The lowest BCUT2D eigenvalue weighted by atomic mass is 9.83. The summed E-state index contributed by atoms with van der Waals surface area (Å²) >= 11 is 0. The van der Waals surface area contributed by atoms with Gasteiger partial charge in [0.15, 0.2) is 16.9 Å². The molecule has 0 unspecified atom stereocenters. The number of anilines is 3. The Kier molecular flexibility index (Phi) is 9.70. The molecule has 0 saturated carbocycles. The van der Waals surface area contributed by atoms with Crippen LogP contribution in [0.5, 0.6) is 0 Å². The van der Waals surface area contributed by atoms with Crippen molar-refractivity contribution < 1.29 is 0 Å². The van der Waals surface area contributed by atoms with Crippen LogP contribution < -0.4 is 16.0 Å². The van der Waals surface area contributed by atoms with E-state index in [2.05, 4.69) is 88.1 Å². The number of hydrogen-bond donors (Lipinski definition) is 3. The second kappa shape index (κ2) is 14.6. The Hall–Kier alpha value is -5.70. The summed E-state index contributed by atoms with van der Waals surface area (Å²) in [5, 5.41) is 14.1. The molecule has 1 aromatic carbocycles. The zero-order valence-corrected chi connectivity index (χ0v) is 30.4. The van der Waals surface area contributed by atoms with Crippen LogP contribution in [0.15, 0.2) is 72.8 Å². The maximum Gasteiger partial charge on any atom is 0.161 e. The van der Waals surface area contributed by atoms with Crippen molar-refractivity contribution in [2.45, 2.75) is 80.4 Å². The summed E-state index contributed by atoms with van der Waals surface area (Å²) in [5.74, 6) is 2.44. The van der Waals surface area contributed by atoms with Crippen LogP contribution in [0.1, 0.15) is 71.2 Å². The van der Waals surface area contributed by atoms with Crippen molar-refractivity contribution in [3.05, 3.63) is 123 Å². The Morgan fingerprint density at radius 3 is 0.902 bits per heavy atom. The van der Waals surface area contributed by atoms with Crippen LogP contribution in [0, 0.1) is 20.8 Å². The van der Waals surface area contributed by atoms with E-state index < -0.39 is 0 Å². The van der Waals surface area contributed by atoms with E-state index in [0.29, 0.717) is 19.6 Å². The minimum atomic E-state index is 0.648. The monoisotopic (exact) mass is 675 g/mol. The average Bonchev–Trinajstić information content (AvgIpc) is 3.14. The molecule has 3 N–H and O–H groups in total. The van der Waals surface area contributed by atoms with Gasteiger partial charge in [0.2, 0.25) is 0 Å². The van der Waals surface area contributed by atoms with Crippen molar-refractivity contribution in [1.82, 2.24) is 29.9 Å². The molecule has 51 heavy (non-hydrogen) atoms. The van der Waals surface area contributed by atoms with Gasteiger partial charge in [0.25, 0.3) is 0 Å². The molecule has 0 fully saturated rings. The van der Waals surface area contributed by atoms with Crippen LogP contribution in [0.4, 0.5) is 17.5 Å². The first kappa shape index (κ1) is 33.8. The number of benzene rings is 1. The lowest BCUT2D eigenvalue weighted by molar-refractivity contribution is 0.880. The van der Waals surface area contributed by atoms with Crippen LogP contribution >= 0.6 is 0 Å². The largest absolute Gasteiger partial charge is 0.366 e. The Morgan fingerprint density at radius 2 is 0.627 bits per heavy atom. The van der Waals surface area contributed by atoms with Crippen molar-refractivity contribution in [1.29, 1.82) is 0 Å². The molecule has 258 valence electrons. The molecule has 0 bridgehead atoms. The van der Waals surface area contributed by atoms with Crippen LogP contribution in [0.25, 0.3) is 33.1 Å². The van der Waals surface area contributed by atoms with E-state index in [0.717, 1.165) is 86.9 Å². The van der Waals surface area contributed by atoms with Gasteiger partial charge in [-0.15, -0.1) is 0 Å². The Morgan fingerprint density at radius 1 is 0.353 bits per heavy atom. The first-order valence-corrected chi connectivity index (χ1v) is 18.0. The molecule has 9 heteroatoms. The van der Waals surface area contributed by atoms with Crippen molar-refractivity contribution in [2.75, 3.05) is 16.0 Å². The normalized spacial score (nSPS) is 11.4. The number of aryl methyl sites for hydroxylation is 3. The van der Waals surface area contributed by atoms with Gasteiger partial charge in [0, 0.05) is 52.9 Å². The molecule has 0 aliphatic heterocycles. The molecule has 6 aromatic heterocycles. The highest BCUT2D eigenvalue weighted by Gasteiger charge is 2.22. The van der Waals surface area contributed by atoms with E-state index in [1.807, 2.05) is 57.2 Å². The Labute approximate surface area is 299 Å². The number of fused-ring (bicyclic) bond motifs is 3. The molecule has 0 aliphatic rings. The molecule has 0 atom stereocenters. The quantitative estimate of drug-likeness (QED) is 0.117. The number of nitrogens with one attached hydrogen (secondary N) is 3. The van der Waals surface area contributed by atoms with Crippen molar-refractivity contribution in [3.63, 3.8) is 0 Å². The van der Waals surface area contributed by atoms with Gasteiger partial charge < -0.3 is 16.0 Å². The van der Waals surface area contributed by atoms with Crippen LogP contribution in [0.2, 0.25) is 0 Å². The van der Waals surface area contributed by atoms with Crippen LogP contribution in [-0.2, 0) is 38.9 Å². The third-order valence-electron chi connectivity index (χ3n) is 9.66. The zero-order valence-electron chi connectivity index (χ0n) is 30.4. The molecular formula is C42H45N9. The van der Waals surface area contributed by atoms with E-state index in [-0.39, 0.29) is 0 Å². The highest BCUT2D eigenvalue weighted by atomic mass is 15.0. The standard InChI is InChI=1S/C42H45N9/c1-7-31-34(22-43-37-19-16-28-13-10-25(4)46-40(28)49-37)32(8-2)36(24-45-39-21-18-30-15-12-27(6)48-42(30)51-39)33(9-3)35(31)23-44-38-20-17-29-14-11-26(5)47-41(29)50-38/h10-21H,7-9,22-24H2,1-6H3,(H,43,46,49)(H,44,47,50)(H,45,48,51). The summed E-state index contributed by atoms with van der Waals surface area (Å²) in [7, 11) is 0. The van der Waals surface area contributed by atoms with Crippen molar-refractivity contribution in [2.24, 2.45) is 0 Å². The molecule has 7 aromatic rings. The Balaban J connectivity index is 1.28.